The number of nitrogens with one attached hydrogen (secondary N) is 1. The van der Waals surface area contributed by atoms with Crippen molar-refractivity contribution in [2.24, 2.45) is 0 Å². The molecule has 1 unspecified atom stereocenters. The number of fused-ring (bicyclic) bond motifs is 2. The third-order valence-electron chi connectivity index (χ3n) is 4.49. The molecular formula is C17H20N2OS. The predicted octanol–water partition coefficient (Wildman–Crippen LogP) is 3.02. The van der Waals surface area contributed by atoms with Crippen LogP contribution in [-0.2, 0) is 29.7 Å². The normalized spacial score (nSPS) is 23.9. The Kier molecular flexibility index (Phi) is 3.32. The van der Waals surface area contributed by atoms with Gasteiger partial charge in [0.05, 0.1) is 18.9 Å². The van der Waals surface area contributed by atoms with E-state index < -0.39 is 0 Å². The van der Waals surface area contributed by atoms with Crippen LogP contribution >= 0.6 is 11.3 Å². The molecule has 0 bridgehead atoms. The van der Waals surface area contributed by atoms with Crippen molar-refractivity contribution in [2.75, 3.05) is 13.2 Å². The van der Waals surface area contributed by atoms with Crippen molar-refractivity contribution in [1.82, 2.24) is 10.3 Å². The van der Waals surface area contributed by atoms with Gasteiger partial charge in [0.15, 0.2) is 0 Å². The van der Waals surface area contributed by atoms with Crippen molar-refractivity contribution in [3.63, 3.8) is 0 Å². The molecular weight excluding hydrogens is 280 g/mol. The Bertz CT molecular complexity index is 645. The molecule has 1 aliphatic heterocycles. The minimum atomic E-state index is -0.265. The second kappa shape index (κ2) is 5.20. The van der Waals surface area contributed by atoms with Crippen LogP contribution in [0.5, 0.6) is 0 Å². The van der Waals surface area contributed by atoms with Gasteiger partial charge in [0.25, 0.3) is 0 Å². The summed E-state index contributed by atoms with van der Waals surface area (Å²) in [5, 5.41) is 4.86. The quantitative estimate of drug-likeness (QED) is 0.946. The van der Waals surface area contributed by atoms with E-state index in [9.17, 15) is 0 Å². The minimum absolute atomic E-state index is 0.265. The van der Waals surface area contributed by atoms with E-state index in [4.69, 9.17) is 9.72 Å². The van der Waals surface area contributed by atoms with Gasteiger partial charge in [-0.2, -0.15) is 0 Å². The maximum Gasteiger partial charge on any atom is 0.120 e. The molecule has 3 nitrogen and oxygen atoms in total. The molecule has 1 aromatic heterocycles. The maximum atomic E-state index is 5.92. The van der Waals surface area contributed by atoms with Crippen LogP contribution in [0.25, 0.3) is 0 Å². The van der Waals surface area contributed by atoms with Gasteiger partial charge in [0.1, 0.15) is 10.5 Å². The van der Waals surface area contributed by atoms with Crippen LogP contribution in [0.15, 0.2) is 24.3 Å². The second-order valence-electron chi connectivity index (χ2n) is 5.83. The van der Waals surface area contributed by atoms with Crippen molar-refractivity contribution >= 4 is 11.3 Å². The topological polar surface area (TPSA) is 34.2 Å². The zero-order chi connectivity index (χ0) is 14.3. The molecule has 1 aliphatic carbocycles. The monoisotopic (exact) mass is 300 g/mol. The highest BCUT2D eigenvalue weighted by molar-refractivity contribution is 7.12. The summed E-state index contributed by atoms with van der Waals surface area (Å²) in [7, 11) is 0. The number of aryl methyl sites for hydroxylation is 2. The number of likely N-dealkylation sites (N-methyl/N-ethyl adjacent to an activating group) is 1. The van der Waals surface area contributed by atoms with Gasteiger partial charge in [0.2, 0.25) is 0 Å². The Labute approximate surface area is 129 Å². The Morgan fingerprint density at radius 2 is 2.24 bits per heavy atom. The van der Waals surface area contributed by atoms with Gasteiger partial charge in [0, 0.05) is 4.88 Å². The number of thiazole rings is 1. The third-order valence-corrected chi connectivity index (χ3v) is 5.81. The second-order valence-corrected chi connectivity index (χ2v) is 6.91. The molecule has 21 heavy (non-hydrogen) atoms. The first-order valence-electron chi connectivity index (χ1n) is 7.74. The molecule has 2 aromatic rings. The van der Waals surface area contributed by atoms with Crippen molar-refractivity contribution in [1.29, 1.82) is 0 Å². The number of rotatable bonds is 3. The van der Waals surface area contributed by atoms with E-state index in [0.717, 1.165) is 13.0 Å². The molecule has 1 aromatic carbocycles. The lowest BCUT2D eigenvalue weighted by Crippen LogP contribution is -2.49. The SMILES string of the molecule is CCNC1(c2nc3c(s2)CCC3)COCc2ccccc21. The lowest BCUT2D eigenvalue weighted by atomic mass is 9.85. The zero-order valence-corrected chi connectivity index (χ0v) is 13.1. The van der Waals surface area contributed by atoms with E-state index in [1.807, 2.05) is 11.3 Å². The van der Waals surface area contributed by atoms with Gasteiger partial charge in [-0.15, -0.1) is 11.3 Å². The van der Waals surface area contributed by atoms with Crippen molar-refractivity contribution in [3.05, 3.63) is 51.0 Å². The molecule has 0 radical (unpaired) electrons. The maximum absolute atomic E-state index is 5.92. The van der Waals surface area contributed by atoms with Crippen molar-refractivity contribution in [3.8, 4) is 0 Å². The van der Waals surface area contributed by atoms with Gasteiger partial charge in [-0.25, -0.2) is 4.98 Å². The van der Waals surface area contributed by atoms with Crippen LogP contribution in [0.3, 0.4) is 0 Å². The number of nitrogens with zero attached hydrogens (tertiary/aromatic N) is 1. The molecule has 2 heterocycles. The summed E-state index contributed by atoms with van der Waals surface area (Å²) >= 11 is 1.88. The van der Waals surface area contributed by atoms with E-state index in [2.05, 4.69) is 36.5 Å². The lowest BCUT2D eigenvalue weighted by molar-refractivity contribution is 0.0530. The molecule has 4 rings (SSSR count). The van der Waals surface area contributed by atoms with Crippen LogP contribution in [0.4, 0.5) is 0 Å². The molecule has 4 heteroatoms. The smallest absolute Gasteiger partial charge is 0.120 e. The number of hydrogen-bond donors (Lipinski definition) is 1. The highest BCUT2D eigenvalue weighted by Crippen LogP contribution is 2.40. The van der Waals surface area contributed by atoms with Gasteiger partial charge < -0.3 is 10.1 Å². The zero-order valence-electron chi connectivity index (χ0n) is 12.3. The summed E-state index contributed by atoms with van der Waals surface area (Å²) in [6, 6.07) is 8.61. The molecule has 0 spiro atoms. The fraction of sp³-hybridized carbons (Fsp3) is 0.471. The minimum Gasteiger partial charge on any atom is -0.374 e. The molecule has 0 fully saturated rings. The van der Waals surface area contributed by atoms with Crippen molar-refractivity contribution < 1.29 is 4.74 Å². The molecule has 0 amide bonds. The number of benzene rings is 1. The van der Waals surface area contributed by atoms with Crippen LogP contribution in [0, 0.1) is 0 Å². The molecule has 2 aliphatic rings. The fourth-order valence-corrected chi connectivity index (χ4v) is 4.84. The molecule has 1 N–H and O–H groups in total. The summed E-state index contributed by atoms with van der Waals surface area (Å²) in [6.07, 6.45) is 3.59. The Hall–Kier alpha value is -1.23. The first-order valence-corrected chi connectivity index (χ1v) is 8.55. The standard InChI is InChI=1S/C17H20N2OS/c1-2-18-17(16-19-14-8-5-9-15(14)21-16)11-20-10-12-6-3-4-7-13(12)17/h3-4,6-7,18H,2,5,8-11H2,1H3. The van der Waals surface area contributed by atoms with Gasteiger partial charge in [-0.05, 0) is 36.9 Å². The Balaban J connectivity index is 1.87. The third kappa shape index (κ3) is 2.05. The number of aromatic nitrogens is 1. The Morgan fingerprint density at radius 3 is 3.10 bits per heavy atom. The molecule has 1 atom stereocenters. The lowest BCUT2D eigenvalue weighted by Gasteiger charge is -2.38. The molecule has 0 saturated heterocycles. The molecule has 0 saturated carbocycles. The highest BCUT2D eigenvalue weighted by atomic mass is 32.1. The van der Waals surface area contributed by atoms with Crippen LogP contribution in [-0.4, -0.2) is 18.1 Å². The van der Waals surface area contributed by atoms with Crippen molar-refractivity contribution in [2.45, 2.75) is 38.3 Å². The van der Waals surface area contributed by atoms with Gasteiger partial charge in [-0.1, -0.05) is 31.2 Å². The van der Waals surface area contributed by atoms with E-state index in [-0.39, 0.29) is 5.54 Å². The van der Waals surface area contributed by atoms with Crippen LogP contribution < -0.4 is 5.32 Å². The van der Waals surface area contributed by atoms with E-state index >= 15 is 0 Å². The summed E-state index contributed by atoms with van der Waals surface area (Å²) in [5.74, 6) is 0. The number of hydrogen-bond acceptors (Lipinski definition) is 4. The predicted molar refractivity (Wildman–Crippen MR) is 84.7 cm³/mol. The first-order chi connectivity index (χ1) is 10.3. The summed E-state index contributed by atoms with van der Waals surface area (Å²) in [4.78, 5) is 6.46. The molecule has 110 valence electrons. The fourth-order valence-electron chi connectivity index (χ4n) is 3.53. The van der Waals surface area contributed by atoms with E-state index in [1.165, 1.54) is 39.5 Å². The Morgan fingerprint density at radius 1 is 1.33 bits per heavy atom. The van der Waals surface area contributed by atoms with Gasteiger partial charge >= 0.3 is 0 Å². The highest BCUT2D eigenvalue weighted by Gasteiger charge is 2.41. The van der Waals surface area contributed by atoms with E-state index in [1.54, 1.807) is 0 Å². The first kappa shape index (κ1) is 13.4. The van der Waals surface area contributed by atoms with Gasteiger partial charge in [-0.3, -0.25) is 0 Å². The summed E-state index contributed by atoms with van der Waals surface area (Å²) in [6.45, 7) is 4.43. The average molecular weight is 300 g/mol. The largest absolute Gasteiger partial charge is 0.374 e. The summed E-state index contributed by atoms with van der Waals surface area (Å²) < 4.78 is 5.92. The summed E-state index contributed by atoms with van der Waals surface area (Å²) in [5.41, 5.74) is 3.67. The van der Waals surface area contributed by atoms with Crippen LogP contribution in [0.1, 0.15) is 40.1 Å². The average Bonchev–Trinajstić information content (AvgIpc) is 3.09. The van der Waals surface area contributed by atoms with E-state index in [0.29, 0.717) is 13.2 Å². The van der Waals surface area contributed by atoms with Crippen LogP contribution in [0.2, 0.25) is 0 Å². The number of ether oxygens (including phenoxy) is 1.